The van der Waals surface area contributed by atoms with Crippen LogP contribution in [-0.4, -0.2) is 17.7 Å². The Bertz CT molecular complexity index is 352. The van der Waals surface area contributed by atoms with Gasteiger partial charge >= 0.3 is 11.7 Å². The van der Waals surface area contributed by atoms with Gasteiger partial charge < -0.3 is 9.84 Å². The number of aliphatic hydroxyl groups is 1. The van der Waals surface area contributed by atoms with Crippen LogP contribution >= 0.6 is 0 Å². The normalized spacial score (nSPS) is 11.7. The van der Waals surface area contributed by atoms with Crippen molar-refractivity contribution in [2.24, 2.45) is 0 Å². The van der Waals surface area contributed by atoms with E-state index in [4.69, 9.17) is 16.4 Å². The van der Waals surface area contributed by atoms with E-state index in [2.05, 4.69) is 11.8 Å². The van der Waals surface area contributed by atoms with Crippen LogP contribution in [0.2, 0.25) is 0 Å². The summed E-state index contributed by atoms with van der Waals surface area (Å²) in [7, 11) is 0. The average Bonchev–Trinajstić information content (AvgIpc) is 2.45. The molecule has 120 valence electrons. The fourth-order valence-electron chi connectivity index (χ4n) is 2.10. The number of carbonyl (C=O) groups excluding carboxylic acids is 1. The van der Waals surface area contributed by atoms with Gasteiger partial charge in [-0.2, -0.15) is 0 Å². The average molecular weight is 295 g/mol. The van der Waals surface area contributed by atoms with Gasteiger partial charge in [0, 0.05) is 0 Å². The third-order valence-electron chi connectivity index (χ3n) is 3.38. The SMILES string of the molecule is [C-]#[N+]/C(C(=O)OCCCCCCCCCCCC)=C(\C)O. The Kier molecular flexibility index (Phi) is 12.5. The number of ether oxygens (including phenoxy) is 1. The van der Waals surface area contributed by atoms with Crippen LogP contribution < -0.4 is 0 Å². The van der Waals surface area contributed by atoms with Crippen molar-refractivity contribution in [2.75, 3.05) is 6.61 Å². The monoisotopic (exact) mass is 295 g/mol. The number of allylic oxidation sites excluding steroid dienone is 1. The van der Waals surface area contributed by atoms with Crippen LogP contribution in [0.25, 0.3) is 4.85 Å². The van der Waals surface area contributed by atoms with Gasteiger partial charge in [0.25, 0.3) is 0 Å². The third-order valence-corrected chi connectivity index (χ3v) is 3.38. The highest BCUT2D eigenvalue weighted by molar-refractivity contribution is 5.90. The molecule has 0 aromatic carbocycles. The molecular formula is C17H29NO3. The van der Waals surface area contributed by atoms with E-state index in [-0.39, 0.29) is 11.5 Å². The number of hydrogen-bond donors (Lipinski definition) is 1. The van der Waals surface area contributed by atoms with Gasteiger partial charge in [0.2, 0.25) is 0 Å². The molecule has 0 bridgehead atoms. The summed E-state index contributed by atoms with van der Waals surface area (Å²) in [5.74, 6) is -1.00. The number of nitrogens with zero attached hydrogens (tertiary/aromatic N) is 1. The molecule has 0 aliphatic heterocycles. The topological polar surface area (TPSA) is 50.9 Å². The molecule has 0 unspecified atom stereocenters. The fraction of sp³-hybridized carbons (Fsp3) is 0.765. The molecule has 0 aromatic rings. The predicted molar refractivity (Wildman–Crippen MR) is 84.7 cm³/mol. The van der Waals surface area contributed by atoms with Crippen molar-refractivity contribution in [1.82, 2.24) is 0 Å². The minimum atomic E-state index is -0.721. The Balaban J connectivity index is 3.43. The Morgan fingerprint density at radius 3 is 1.90 bits per heavy atom. The molecule has 21 heavy (non-hydrogen) atoms. The van der Waals surface area contributed by atoms with E-state index in [1.165, 1.54) is 51.9 Å². The standard InChI is InChI=1S/C17H29NO3/c1-4-5-6-7-8-9-10-11-12-13-14-21-17(20)16(18-3)15(2)19/h19H,4-14H2,1-2H3/b16-15+. The first-order valence-electron chi connectivity index (χ1n) is 8.07. The van der Waals surface area contributed by atoms with E-state index in [9.17, 15) is 4.79 Å². The second-order valence-corrected chi connectivity index (χ2v) is 5.36. The molecule has 0 fully saturated rings. The summed E-state index contributed by atoms with van der Waals surface area (Å²) in [6, 6.07) is 0. The lowest BCUT2D eigenvalue weighted by molar-refractivity contribution is -0.139. The van der Waals surface area contributed by atoms with Crippen LogP contribution in [0.5, 0.6) is 0 Å². The molecule has 4 heteroatoms. The van der Waals surface area contributed by atoms with Gasteiger partial charge in [0.05, 0.1) is 13.2 Å². The highest BCUT2D eigenvalue weighted by Crippen LogP contribution is 2.11. The molecule has 0 radical (unpaired) electrons. The van der Waals surface area contributed by atoms with Crippen LogP contribution in [0.4, 0.5) is 0 Å². The molecular weight excluding hydrogens is 266 g/mol. The summed E-state index contributed by atoms with van der Waals surface area (Å²) in [6.45, 7) is 10.6. The zero-order valence-corrected chi connectivity index (χ0v) is 13.5. The van der Waals surface area contributed by atoms with Gasteiger partial charge in [0.1, 0.15) is 5.76 Å². The second kappa shape index (κ2) is 13.5. The van der Waals surface area contributed by atoms with E-state index in [0.717, 1.165) is 19.3 Å². The minimum Gasteiger partial charge on any atom is -0.523 e. The molecule has 0 rings (SSSR count). The highest BCUT2D eigenvalue weighted by atomic mass is 16.5. The van der Waals surface area contributed by atoms with Gasteiger partial charge in [-0.1, -0.05) is 64.7 Å². The quantitative estimate of drug-likeness (QED) is 0.178. The van der Waals surface area contributed by atoms with Crippen molar-refractivity contribution in [3.05, 3.63) is 22.9 Å². The fourth-order valence-corrected chi connectivity index (χ4v) is 2.10. The van der Waals surface area contributed by atoms with E-state index < -0.39 is 5.97 Å². The molecule has 4 nitrogen and oxygen atoms in total. The number of unbranched alkanes of at least 4 members (excludes halogenated alkanes) is 9. The first-order valence-corrected chi connectivity index (χ1v) is 8.07. The van der Waals surface area contributed by atoms with Crippen molar-refractivity contribution in [3.63, 3.8) is 0 Å². The van der Waals surface area contributed by atoms with Crippen molar-refractivity contribution in [2.45, 2.75) is 78.1 Å². The number of hydrogen-bond acceptors (Lipinski definition) is 3. The van der Waals surface area contributed by atoms with Crippen LogP contribution in [0, 0.1) is 6.57 Å². The van der Waals surface area contributed by atoms with E-state index >= 15 is 0 Å². The predicted octanol–water partition coefficient (Wildman–Crippen LogP) is 5.16. The van der Waals surface area contributed by atoms with Gasteiger partial charge in [-0.05, 0) is 13.3 Å². The summed E-state index contributed by atoms with van der Waals surface area (Å²) in [4.78, 5) is 14.4. The first-order chi connectivity index (χ1) is 10.1. The molecule has 0 spiro atoms. The molecule has 0 saturated heterocycles. The molecule has 1 N–H and O–H groups in total. The molecule has 0 aromatic heterocycles. The maximum atomic E-state index is 11.4. The molecule has 0 aliphatic carbocycles. The van der Waals surface area contributed by atoms with Crippen molar-refractivity contribution >= 4 is 5.97 Å². The highest BCUT2D eigenvalue weighted by Gasteiger charge is 2.14. The Labute approximate surface area is 129 Å². The Hall–Kier alpha value is -1.50. The van der Waals surface area contributed by atoms with E-state index in [0.29, 0.717) is 6.61 Å². The van der Waals surface area contributed by atoms with Crippen LogP contribution in [-0.2, 0) is 9.53 Å². The number of rotatable bonds is 12. The first kappa shape index (κ1) is 19.5. The summed E-state index contributed by atoms with van der Waals surface area (Å²) < 4.78 is 4.96. The second-order valence-electron chi connectivity index (χ2n) is 5.36. The molecule has 0 heterocycles. The largest absolute Gasteiger partial charge is 0.523 e. The maximum absolute atomic E-state index is 11.4. The van der Waals surface area contributed by atoms with E-state index in [1.807, 2.05) is 0 Å². The van der Waals surface area contributed by atoms with Crippen LogP contribution in [0.15, 0.2) is 11.5 Å². The van der Waals surface area contributed by atoms with Gasteiger partial charge in [-0.3, -0.25) is 4.79 Å². The minimum absolute atomic E-state index is 0.280. The summed E-state index contributed by atoms with van der Waals surface area (Å²) >= 11 is 0. The smallest absolute Gasteiger partial charge is 0.339 e. The Morgan fingerprint density at radius 1 is 1.00 bits per heavy atom. The zero-order chi connectivity index (χ0) is 15.9. The summed E-state index contributed by atoms with van der Waals surface area (Å²) in [5.41, 5.74) is -0.318. The summed E-state index contributed by atoms with van der Waals surface area (Å²) in [5, 5.41) is 9.12. The van der Waals surface area contributed by atoms with Crippen molar-refractivity contribution < 1.29 is 14.6 Å². The number of carbonyl (C=O) groups is 1. The van der Waals surface area contributed by atoms with Crippen molar-refractivity contribution in [3.8, 4) is 0 Å². The van der Waals surface area contributed by atoms with Gasteiger partial charge in [-0.25, -0.2) is 4.85 Å². The maximum Gasteiger partial charge on any atom is 0.339 e. The molecule has 0 aliphatic rings. The van der Waals surface area contributed by atoms with Crippen LogP contribution in [0.1, 0.15) is 78.1 Å². The molecule has 0 saturated carbocycles. The van der Waals surface area contributed by atoms with Gasteiger partial charge in [0.15, 0.2) is 0 Å². The van der Waals surface area contributed by atoms with Crippen molar-refractivity contribution in [1.29, 1.82) is 0 Å². The lowest BCUT2D eigenvalue weighted by Crippen LogP contribution is -2.08. The van der Waals surface area contributed by atoms with E-state index in [1.54, 1.807) is 0 Å². The molecule has 0 atom stereocenters. The number of esters is 1. The zero-order valence-electron chi connectivity index (χ0n) is 13.5. The van der Waals surface area contributed by atoms with Crippen LogP contribution in [0.3, 0.4) is 0 Å². The lowest BCUT2D eigenvalue weighted by atomic mass is 10.1. The third kappa shape index (κ3) is 10.9. The summed E-state index contributed by atoms with van der Waals surface area (Å²) in [6.07, 6.45) is 12.2. The number of aliphatic hydroxyl groups excluding tert-OH is 1. The Morgan fingerprint density at radius 2 is 1.48 bits per heavy atom. The van der Waals surface area contributed by atoms with Gasteiger partial charge in [-0.15, -0.1) is 0 Å². The lowest BCUT2D eigenvalue weighted by Gasteiger charge is -2.05. The molecule has 0 amide bonds.